The smallest absolute Gasteiger partial charge is 0.278 e. The van der Waals surface area contributed by atoms with E-state index in [-0.39, 0.29) is 5.56 Å². The average molecular weight is 444 g/mol. The van der Waals surface area contributed by atoms with Crippen molar-refractivity contribution in [2.45, 2.75) is 16.3 Å². The summed E-state index contributed by atoms with van der Waals surface area (Å²) in [6.07, 6.45) is 2.33. The van der Waals surface area contributed by atoms with Crippen LogP contribution in [0.1, 0.15) is 11.3 Å². The maximum atomic E-state index is 13.2. The molecule has 5 rings (SSSR count). The molecule has 3 aromatic carbocycles. The Morgan fingerprint density at radius 1 is 0.903 bits per heavy atom. The summed E-state index contributed by atoms with van der Waals surface area (Å²) in [6, 6.07) is 27.5. The van der Waals surface area contributed by atoms with Crippen LogP contribution in [0.3, 0.4) is 0 Å². The highest BCUT2D eigenvalue weighted by molar-refractivity contribution is 7.99. The zero-order chi connectivity index (χ0) is 21.2. The number of imidazole rings is 1. The van der Waals surface area contributed by atoms with Gasteiger partial charge in [-0.05, 0) is 35.4 Å². The molecule has 0 amide bonds. The maximum Gasteiger partial charge on any atom is 0.278 e. The van der Waals surface area contributed by atoms with Gasteiger partial charge in [0.05, 0.1) is 5.69 Å². The van der Waals surface area contributed by atoms with Crippen molar-refractivity contribution in [3.05, 3.63) is 118 Å². The lowest BCUT2D eigenvalue weighted by molar-refractivity contribution is 0.906. The lowest BCUT2D eigenvalue weighted by atomic mass is 10.1. The second-order valence-electron chi connectivity index (χ2n) is 7.14. The van der Waals surface area contributed by atoms with Gasteiger partial charge in [-0.15, -0.1) is 0 Å². The summed E-state index contributed by atoms with van der Waals surface area (Å²) < 4.78 is 1.65. The first-order valence-corrected chi connectivity index (χ1v) is 11.0. The van der Waals surface area contributed by atoms with Gasteiger partial charge in [0.25, 0.3) is 5.56 Å². The number of benzene rings is 3. The number of halogens is 1. The van der Waals surface area contributed by atoms with Crippen LogP contribution in [0.15, 0.2) is 106 Å². The lowest BCUT2D eigenvalue weighted by Crippen LogP contribution is -2.16. The van der Waals surface area contributed by atoms with Gasteiger partial charge in [-0.25, -0.2) is 4.98 Å². The van der Waals surface area contributed by atoms with Crippen molar-refractivity contribution in [3.8, 4) is 17.1 Å². The van der Waals surface area contributed by atoms with Gasteiger partial charge >= 0.3 is 0 Å². The van der Waals surface area contributed by atoms with Crippen molar-refractivity contribution >= 4 is 23.4 Å². The van der Waals surface area contributed by atoms with Gasteiger partial charge in [-0.2, -0.15) is 0 Å². The molecule has 0 unspecified atom stereocenters. The van der Waals surface area contributed by atoms with Crippen molar-refractivity contribution in [1.29, 1.82) is 0 Å². The van der Waals surface area contributed by atoms with E-state index in [2.05, 4.69) is 4.98 Å². The third-order valence-corrected chi connectivity index (χ3v) is 6.23. The molecule has 0 bridgehead atoms. The Balaban J connectivity index is 1.64. The summed E-state index contributed by atoms with van der Waals surface area (Å²) in [5, 5.41) is 1.49. The fourth-order valence-corrected chi connectivity index (χ4v) is 4.47. The van der Waals surface area contributed by atoms with Crippen LogP contribution >= 0.6 is 23.4 Å². The molecular formula is C25H18ClN3OS. The summed E-state index contributed by atoms with van der Waals surface area (Å²) in [5.41, 5.74) is 3.35. The predicted octanol–water partition coefficient (Wildman–Crippen LogP) is 6.06. The van der Waals surface area contributed by atoms with Gasteiger partial charge in [0.15, 0.2) is 5.82 Å². The monoisotopic (exact) mass is 443 g/mol. The number of rotatable bonds is 5. The van der Waals surface area contributed by atoms with E-state index in [4.69, 9.17) is 16.6 Å². The van der Waals surface area contributed by atoms with Crippen LogP contribution < -0.4 is 5.56 Å². The molecule has 2 heterocycles. The molecule has 1 N–H and O–H groups in total. The quantitative estimate of drug-likeness (QED) is 0.359. The molecule has 3 aromatic rings. The Kier molecular flexibility index (Phi) is 5.37. The topological polar surface area (TPSA) is 50.7 Å². The summed E-state index contributed by atoms with van der Waals surface area (Å²) in [5.74, 6) is 0.621. The number of aromatic amines is 1. The van der Waals surface area contributed by atoms with E-state index in [0.717, 1.165) is 26.7 Å². The molecule has 0 atom stereocenters. The van der Waals surface area contributed by atoms with Crippen LogP contribution in [0, 0.1) is 0 Å². The van der Waals surface area contributed by atoms with E-state index in [1.807, 2.05) is 91.1 Å². The first-order valence-electron chi connectivity index (χ1n) is 9.84. The third kappa shape index (κ3) is 4.15. The minimum atomic E-state index is -0.0945. The van der Waals surface area contributed by atoms with Crippen LogP contribution in [-0.2, 0) is 6.42 Å². The summed E-state index contributed by atoms with van der Waals surface area (Å²) in [6.45, 7) is 0. The van der Waals surface area contributed by atoms with E-state index >= 15 is 0 Å². The number of aromatic nitrogens is 3. The van der Waals surface area contributed by atoms with Gasteiger partial charge in [-0.3, -0.25) is 9.36 Å². The molecule has 0 fully saturated rings. The highest BCUT2D eigenvalue weighted by Crippen LogP contribution is 2.33. The molecule has 31 heavy (non-hydrogen) atoms. The molecule has 0 radical (unpaired) electrons. The molecule has 6 heteroatoms. The molecule has 4 nitrogen and oxygen atoms in total. The molecule has 0 saturated heterocycles. The van der Waals surface area contributed by atoms with Gasteiger partial charge in [0.2, 0.25) is 0 Å². The Labute approximate surface area is 188 Å². The highest BCUT2D eigenvalue weighted by atomic mass is 35.5. The third-order valence-electron chi connectivity index (χ3n) is 4.98. The largest absolute Gasteiger partial charge is 0.345 e. The summed E-state index contributed by atoms with van der Waals surface area (Å²) in [7, 11) is 0. The van der Waals surface area contributed by atoms with E-state index < -0.39 is 0 Å². The number of hydrogen-bond acceptors (Lipinski definition) is 3. The van der Waals surface area contributed by atoms with E-state index in [0.29, 0.717) is 23.0 Å². The second-order valence-corrected chi connectivity index (χ2v) is 8.66. The van der Waals surface area contributed by atoms with Gasteiger partial charge in [-0.1, -0.05) is 84.0 Å². The number of H-pyrrole nitrogens is 1. The zero-order valence-corrected chi connectivity index (χ0v) is 18.0. The predicted molar refractivity (Wildman–Crippen MR) is 126 cm³/mol. The first kappa shape index (κ1) is 19.7. The second kappa shape index (κ2) is 8.46. The fraction of sp³-hybridized carbons (Fsp3) is 0.0400. The molecule has 0 spiro atoms. The fourth-order valence-electron chi connectivity index (χ4n) is 3.44. The molecule has 0 saturated carbocycles. The van der Waals surface area contributed by atoms with Crippen LogP contribution in [0.5, 0.6) is 0 Å². The van der Waals surface area contributed by atoms with Gasteiger partial charge < -0.3 is 4.98 Å². The highest BCUT2D eigenvalue weighted by Gasteiger charge is 2.21. The Morgan fingerprint density at radius 3 is 2.29 bits per heavy atom. The Morgan fingerprint density at radius 2 is 1.58 bits per heavy atom. The normalized spacial score (nSPS) is 11.1. The first-order chi connectivity index (χ1) is 15.2. The maximum absolute atomic E-state index is 13.2. The number of fused-ring (bicyclic) bond motifs is 1. The molecule has 2 aliphatic heterocycles. The molecule has 0 aromatic heterocycles. The van der Waals surface area contributed by atoms with Crippen molar-refractivity contribution < 1.29 is 0 Å². The van der Waals surface area contributed by atoms with Gasteiger partial charge in [0.1, 0.15) is 10.7 Å². The Bertz CT molecular complexity index is 1350. The van der Waals surface area contributed by atoms with Gasteiger partial charge in [0, 0.05) is 22.5 Å². The minimum absolute atomic E-state index is 0.0945. The average Bonchev–Trinajstić information content (AvgIpc) is 3.12. The SMILES string of the molecule is O=c1c(Cc2ccccc2)nc2c(Sc3ccc(Cl)cc3)[nH]c(-c3ccccc3)cn1-2. The zero-order valence-electron chi connectivity index (χ0n) is 16.5. The van der Waals surface area contributed by atoms with E-state index in [1.54, 1.807) is 4.57 Å². The van der Waals surface area contributed by atoms with Crippen molar-refractivity contribution in [2.24, 2.45) is 0 Å². The minimum Gasteiger partial charge on any atom is -0.345 e. The number of nitrogens with one attached hydrogen (secondary N) is 1. The number of nitrogens with zero attached hydrogens (tertiary/aromatic N) is 2. The standard InChI is InChI=1S/C25H18ClN3OS/c26-19-11-13-20(14-12-19)31-24-23-27-21(15-17-7-3-1-4-8-17)25(30)29(23)16-22(28-24)18-9-5-2-6-10-18/h1-14,16,28H,15H2. The van der Waals surface area contributed by atoms with Crippen molar-refractivity contribution in [3.63, 3.8) is 0 Å². The summed E-state index contributed by atoms with van der Waals surface area (Å²) in [4.78, 5) is 22.4. The molecular weight excluding hydrogens is 426 g/mol. The van der Waals surface area contributed by atoms with Crippen molar-refractivity contribution in [1.82, 2.24) is 14.5 Å². The summed E-state index contributed by atoms with van der Waals surface area (Å²) >= 11 is 7.57. The van der Waals surface area contributed by atoms with Crippen molar-refractivity contribution in [2.75, 3.05) is 0 Å². The van der Waals surface area contributed by atoms with Crippen LogP contribution in [0.25, 0.3) is 17.1 Å². The van der Waals surface area contributed by atoms with Crippen LogP contribution in [0.2, 0.25) is 5.02 Å². The van der Waals surface area contributed by atoms with E-state index in [1.165, 1.54) is 11.8 Å². The van der Waals surface area contributed by atoms with Crippen LogP contribution in [0.4, 0.5) is 0 Å². The lowest BCUT2D eigenvalue weighted by Gasteiger charge is -2.12. The molecule has 152 valence electrons. The molecule has 0 aliphatic carbocycles. The molecule has 2 aliphatic rings. The Hall–Kier alpha value is -3.28. The number of hydrogen-bond donors (Lipinski definition) is 1. The van der Waals surface area contributed by atoms with E-state index in [9.17, 15) is 4.79 Å². The van der Waals surface area contributed by atoms with Crippen LogP contribution in [-0.4, -0.2) is 14.5 Å².